The van der Waals surface area contributed by atoms with Gasteiger partial charge in [-0.1, -0.05) is 6.42 Å². The number of nitro groups is 1. The van der Waals surface area contributed by atoms with Gasteiger partial charge in [-0.2, -0.15) is 5.10 Å². The van der Waals surface area contributed by atoms with E-state index in [-0.39, 0.29) is 35.2 Å². The molecule has 1 fully saturated rings. The van der Waals surface area contributed by atoms with Crippen LogP contribution in [0.2, 0.25) is 0 Å². The van der Waals surface area contributed by atoms with Crippen molar-refractivity contribution in [1.82, 2.24) is 9.78 Å². The second-order valence-corrected chi connectivity index (χ2v) is 5.70. The Morgan fingerprint density at radius 2 is 2.25 bits per heavy atom. The van der Waals surface area contributed by atoms with E-state index in [2.05, 4.69) is 10.4 Å². The maximum Gasteiger partial charge on any atom is 0.333 e. The molecular weight excluding hydrogens is 260 g/mol. The Kier molecular flexibility index (Phi) is 4.27. The molecule has 7 heteroatoms. The summed E-state index contributed by atoms with van der Waals surface area (Å²) in [6, 6.07) is 0.117. The molecule has 0 spiro atoms. The Bertz CT molecular complexity index is 498. The van der Waals surface area contributed by atoms with Crippen LogP contribution >= 0.6 is 0 Å². The highest BCUT2D eigenvalue weighted by Crippen LogP contribution is 2.35. The number of aliphatic hydroxyl groups excluding tert-OH is 1. The highest BCUT2D eigenvalue weighted by atomic mass is 16.6. The number of aromatic nitrogens is 2. The minimum absolute atomic E-state index is 0.0406. The Morgan fingerprint density at radius 1 is 1.55 bits per heavy atom. The van der Waals surface area contributed by atoms with E-state index in [1.54, 1.807) is 11.6 Å². The lowest BCUT2D eigenvalue weighted by Gasteiger charge is -2.21. The Hall–Kier alpha value is -1.63. The van der Waals surface area contributed by atoms with Crippen LogP contribution in [-0.4, -0.2) is 32.5 Å². The molecule has 2 rings (SSSR count). The van der Waals surface area contributed by atoms with Crippen molar-refractivity contribution in [3.8, 4) is 0 Å². The van der Waals surface area contributed by atoms with Gasteiger partial charge in [-0.25, -0.2) is 4.68 Å². The number of hydrogen-bond acceptors (Lipinski definition) is 5. The van der Waals surface area contributed by atoms with E-state index < -0.39 is 0 Å². The maximum absolute atomic E-state index is 11.3. The first-order valence-corrected chi connectivity index (χ1v) is 7.06. The van der Waals surface area contributed by atoms with E-state index in [1.165, 1.54) is 0 Å². The molecule has 2 unspecified atom stereocenters. The molecule has 1 aliphatic carbocycles. The summed E-state index contributed by atoms with van der Waals surface area (Å²) in [6.45, 7) is 5.65. The Labute approximate surface area is 118 Å². The summed E-state index contributed by atoms with van der Waals surface area (Å²) in [4.78, 5) is 10.9. The molecule has 1 aromatic rings. The first kappa shape index (κ1) is 14.8. The number of nitrogens with zero attached hydrogens (tertiary/aromatic N) is 3. The monoisotopic (exact) mass is 282 g/mol. The van der Waals surface area contributed by atoms with E-state index in [9.17, 15) is 15.2 Å². The molecule has 0 bridgehead atoms. The summed E-state index contributed by atoms with van der Waals surface area (Å²) in [7, 11) is 0. The maximum atomic E-state index is 11.3. The summed E-state index contributed by atoms with van der Waals surface area (Å²) >= 11 is 0. The van der Waals surface area contributed by atoms with Gasteiger partial charge in [-0.15, -0.1) is 0 Å². The fourth-order valence-electron chi connectivity index (χ4n) is 2.89. The van der Waals surface area contributed by atoms with Crippen LogP contribution in [0.1, 0.15) is 44.8 Å². The molecule has 1 aliphatic rings. The van der Waals surface area contributed by atoms with Gasteiger partial charge < -0.3 is 10.4 Å². The fourth-order valence-corrected chi connectivity index (χ4v) is 2.89. The minimum atomic E-state index is -0.382. The van der Waals surface area contributed by atoms with E-state index >= 15 is 0 Å². The molecule has 0 saturated heterocycles. The van der Waals surface area contributed by atoms with Gasteiger partial charge >= 0.3 is 5.69 Å². The van der Waals surface area contributed by atoms with E-state index in [4.69, 9.17) is 0 Å². The Balaban J connectivity index is 2.35. The third-order valence-electron chi connectivity index (χ3n) is 3.94. The number of nitrogens with one attached hydrogen (secondary N) is 1. The van der Waals surface area contributed by atoms with Crippen LogP contribution in [0, 0.1) is 23.0 Å². The Morgan fingerprint density at radius 3 is 2.80 bits per heavy atom. The molecule has 1 saturated carbocycles. The average Bonchev–Trinajstić information content (AvgIpc) is 2.94. The van der Waals surface area contributed by atoms with Crippen LogP contribution in [0.4, 0.5) is 11.5 Å². The normalized spacial score (nSPS) is 22.4. The molecule has 2 N–H and O–H groups in total. The summed E-state index contributed by atoms with van der Waals surface area (Å²) in [5.74, 6) is 0.623. The minimum Gasteiger partial charge on any atom is -0.396 e. The van der Waals surface area contributed by atoms with Gasteiger partial charge in [0, 0.05) is 24.6 Å². The van der Waals surface area contributed by atoms with Crippen molar-refractivity contribution in [2.24, 2.45) is 5.92 Å². The standard InChI is InChI=1S/C13H22N4O3/c1-8(2)16-13(12(17(19)20)9(3)15-16)14-11-6-4-5-10(11)7-18/h8,10-11,14,18H,4-7H2,1-3H3. The largest absolute Gasteiger partial charge is 0.396 e. The van der Waals surface area contributed by atoms with Crippen LogP contribution in [0.3, 0.4) is 0 Å². The van der Waals surface area contributed by atoms with Crippen LogP contribution in [0.5, 0.6) is 0 Å². The predicted octanol–water partition coefficient (Wildman–Crippen LogP) is 2.25. The topological polar surface area (TPSA) is 93.2 Å². The molecule has 112 valence electrons. The van der Waals surface area contributed by atoms with Gasteiger partial charge in [0.05, 0.1) is 4.92 Å². The van der Waals surface area contributed by atoms with Crippen molar-refractivity contribution in [3.63, 3.8) is 0 Å². The van der Waals surface area contributed by atoms with Crippen LogP contribution < -0.4 is 5.32 Å². The summed E-state index contributed by atoms with van der Waals surface area (Å²) in [5, 5.41) is 28.2. The number of anilines is 1. The van der Waals surface area contributed by atoms with Crippen LogP contribution in [0.15, 0.2) is 0 Å². The number of aryl methyl sites for hydroxylation is 1. The molecule has 7 nitrogen and oxygen atoms in total. The lowest BCUT2D eigenvalue weighted by atomic mass is 10.1. The molecular formula is C13H22N4O3. The van der Waals surface area contributed by atoms with Crippen molar-refractivity contribution in [2.75, 3.05) is 11.9 Å². The molecule has 2 atom stereocenters. The van der Waals surface area contributed by atoms with Crippen LogP contribution in [-0.2, 0) is 0 Å². The number of rotatable bonds is 5. The fraction of sp³-hybridized carbons (Fsp3) is 0.769. The SMILES string of the molecule is Cc1nn(C(C)C)c(NC2CCCC2CO)c1[N+](=O)[O-]. The molecule has 1 aromatic heterocycles. The number of aliphatic hydroxyl groups is 1. The van der Waals surface area contributed by atoms with Gasteiger partial charge in [-0.05, 0) is 33.6 Å². The lowest BCUT2D eigenvalue weighted by Crippen LogP contribution is -2.28. The molecule has 0 aliphatic heterocycles. The first-order chi connectivity index (χ1) is 9.45. The summed E-state index contributed by atoms with van der Waals surface area (Å²) in [6.07, 6.45) is 2.91. The van der Waals surface area contributed by atoms with E-state index in [0.29, 0.717) is 11.5 Å². The van der Waals surface area contributed by atoms with Crippen molar-refractivity contribution < 1.29 is 10.0 Å². The molecule has 0 aromatic carbocycles. The highest BCUT2D eigenvalue weighted by molar-refractivity contribution is 5.60. The zero-order chi connectivity index (χ0) is 14.9. The summed E-state index contributed by atoms with van der Waals surface area (Å²) in [5.41, 5.74) is 0.465. The van der Waals surface area contributed by atoms with Gasteiger partial charge in [0.2, 0.25) is 5.82 Å². The zero-order valence-corrected chi connectivity index (χ0v) is 12.2. The van der Waals surface area contributed by atoms with Gasteiger partial charge in [-0.3, -0.25) is 10.1 Å². The van der Waals surface area contributed by atoms with Gasteiger partial charge in [0.1, 0.15) is 5.69 Å². The third-order valence-corrected chi connectivity index (χ3v) is 3.94. The van der Waals surface area contributed by atoms with Crippen molar-refractivity contribution in [3.05, 3.63) is 15.8 Å². The first-order valence-electron chi connectivity index (χ1n) is 7.06. The van der Waals surface area contributed by atoms with Gasteiger partial charge in [0.15, 0.2) is 0 Å². The van der Waals surface area contributed by atoms with Crippen molar-refractivity contribution >= 4 is 11.5 Å². The molecule has 1 heterocycles. The highest BCUT2D eigenvalue weighted by Gasteiger charge is 2.32. The molecule has 0 radical (unpaired) electrons. The second-order valence-electron chi connectivity index (χ2n) is 5.70. The third kappa shape index (κ3) is 2.63. The molecule has 20 heavy (non-hydrogen) atoms. The van der Waals surface area contributed by atoms with Crippen LogP contribution in [0.25, 0.3) is 0 Å². The van der Waals surface area contributed by atoms with Gasteiger partial charge in [0.25, 0.3) is 0 Å². The lowest BCUT2D eigenvalue weighted by molar-refractivity contribution is -0.384. The quantitative estimate of drug-likeness (QED) is 0.638. The van der Waals surface area contributed by atoms with Crippen molar-refractivity contribution in [2.45, 2.75) is 52.1 Å². The average molecular weight is 282 g/mol. The zero-order valence-electron chi connectivity index (χ0n) is 12.2. The van der Waals surface area contributed by atoms with E-state index in [1.807, 2.05) is 13.8 Å². The molecule has 0 amide bonds. The van der Waals surface area contributed by atoms with E-state index in [0.717, 1.165) is 19.3 Å². The predicted molar refractivity (Wildman–Crippen MR) is 75.8 cm³/mol. The smallest absolute Gasteiger partial charge is 0.333 e. The second kappa shape index (κ2) is 5.78. The summed E-state index contributed by atoms with van der Waals surface area (Å²) < 4.78 is 1.67. The van der Waals surface area contributed by atoms with Crippen molar-refractivity contribution in [1.29, 1.82) is 0 Å². The number of hydrogen-bond donors (Lipinski definition) is 2.